The van der Waals surface area contributed by atoms with Crippen molar-refractivity contribution in [1.82, 2.24) is 0 Å². The highest BCUT2D eigenvalue weighted by molar-refractivity contribution is 4.86. The van der Waals surface area contributed by atoms with Crippen LogP contribution in [-0.4, -0.2) is 11.7 Å². The lowest BCUT2D eigenvalue weighted by Crippen LogP contribution is -2.33. The van der Waals surface area contributed by atoms with Gasteiger partial charge in [0, 0.05) is 6.61 Å². The van der Waals surface area contributed by atoms with Crippen LogP contribution in [-0.2, 0) is 0 Å². The molecular weight excluding hydrogens is 160 g/mol. The van der Waals surface area contributed by atoms with Crippen LogP contribution in [0.2, 0.25) is 0 Å². The van der Waals surface area contributed by atoms with Gasteiger partial charge in [-0.1, -0.05) is 45.4 Å². The minimum Gasteiger partial charge on any atom is -0.396 e. The third-order valence-electron chi connectivity index (χ3n) is 3.56. The maximum absolute atomic E-state index is 9.24. The highest BCUT2D eigenvalue weighted by Crippen LogP contribution is 2.44. The number of rotatable bonds is 7. The predicted octanol–water partition coefficient (Wildman–Crippen LogP) is 3.51. The smallest absolute Gasteiger partial charge is 0.0487 e. The Hall–Kier alpha value is -0.0400. The molecule has 0 aromatic carbocycles. The van der Waals surface area contributed by atoms with Gasteiger partial charge in [-0.2, -0.15) is 0 Å². The standard InChI is InChI=1S/C12H24O/c1-2-3-4-5-6-8-12(11-13)9-7-10-12/h13H,2-11H2,1H3. The molecule has 0 saturated heterocycles. The molecule has 1 saturated carbocycles. The fourth-order valence-corrected chi connectivity index (χ4v) is 2.27. The molecule has 0 bridgehead atoms. The summed E-state index contributed by atoms with van der Waals surface area (Å²) in [4.78, 5) is 0. The van der Waals surface area contributed by atoms with E-state index in [9.17, 15) is 5.11 Å². The third-order valence-corrected chi connectivity index (χ3v) is 3.56. The largest absolute Gasteiger partial charge is 0.396 e. The molecule has 1 aliphatic carbocycles. The molecule has 0 unspecified atom stereocenters. The minimum absolute atomic E-state index is 0.367. The van der Waals surface area contributed by atoms with Crippen LogP contribution in [0.1, 0.15) is 64.7 Å². The van der Waals surface area contributed by atoms with Crippen LogP contribution in [0.4, 0.5) is 0 Å². The highest BCUT2D eigenvalue weighted by atomic mass is 16.3. The molecule has 0 aromatic heterocycles. The predicted molar refractivity (Wildman–Crippen MR) is 56.7 cm³/mol. The molecule has 0 spiro atoms. The monoisotopic (exact) mass is 184 g/mol. The van der Waals surface area contributed by atoms with Crippen molar-refractivity contribution in [2.75, 3.05) is 6.61 Å². The fraction of sp³-hybridized carbons (Fsp3) is 1.00. The SMILES string of the molecule is CCCCCCCC1(CO)CCC1. The molecule has 78 valence electrons. The van der Waals surface area contributed by atoms with Crippen molar-refractivity contribution in [2.45, 2.75) is 64.7 Å². The Morgan fingerprint density at radius 2 is 1.77 bits per heavy atom. The molecule has 1 nitrogen and oxygen atoms in total. The first-order chi connectivity index (χ1) is 6.33. The topological polar surface area (TPSA) is 20.2 Å². The van der Waals surface area contributed by atoms with Gasteiger partial charge in [-0.15, -0.1) is 0 Å². The molecule has 0 radical (unpaired) electrons. The van der Waals surface area contributed by atoms with Crippen molar-refractivity contribution in [3.05, 3.63) is 0 Å². The molecule has 1 rings (SSSR count). The first kappa shape index (κ1) is 11.0. The van der Waals surface area contributed by atoms with Gasteiger partial charge in [-0.05, 0) is 24.7 Å². The van der Waals surface area contributed by atoms with Gasteiger partial charge in [-0.25, -0.2) is 0 Å². The van der Waals surface area contributed by atoms with Crippen LogP contribution in [0.25, 0.3) is 0 Å². The van der Waals surface area contributed by atoms with E-state index in [-0.39, 0.29) is 0 Å². The molecule has 0 aliphatic heterocycles. The normalized spacial score (nSPS) is 19.8. The van der Waals surface area contributed by atoms with Gasteiger partial charge < -0.3 is 5.11 Å². The van der Waals surface area contributed by atoms with E-state index in [1.165, 1.54) is 57.8 Å². The van der Waals surface area contributed by atoms with E-state index < -0.39 is 0 Å². The molecular formula is C12H24O. The van der Waals surface area contributed by atoms with E-state index >= 15 is 0 Å². The molecule has 13 heavy (non-hydrogen) atoms. The Morgan fingerprint density at radius 1 is 1.08 bits per heavy atom. The Bertz CT molecular complexity index is 122. The second-order valence-corrected chi connectivity index (χ2v) is 4.68. The van der Waals surface area contributed by atoms with Gasteiger partial charge in [0.15, 0.2) is 0 Å². The molecule has 0 heterocycles. The van der Waals surface area contributed by atoms with E-state index in [1.807, 2.05) is 0 Å². The van der Waals surface area contributed by atoms with Gasteiger partial charge in [0.25, 0.3) is 0 Å². The number of hydrogen-bond acceptors (Lipinski definition) is 1. The van der Waals surface area contributed by atoms with Gasteiger partial charge in [-0.3, -0.25) is 0 Å². The van der Waals surface area contributed by atoms with E-state index in [4.69, 9.17) is 0 Å². The summed E-state index contributed by atoms with van der Waals surface area (Å²) >= 11 is 0. The van der Waals surface area contributed by atoms with E-state index in [1.54, 1.807) is 0 Å². The van der Waals surface area contributed by atoms with Crippen molar-refractivity contribution in [3.63, 3.8) is 0 Å². The van der Waals surface area contributed by atoms with Crippen LogP contribution in [0.15, 0.2) is 0 Å². The summed E-state index contributed by atoms with van der Waals surface area (Å²) in [7, 11) is 0. The van der Waals surface area contributed by atoms with E-state index in [0.717, 1.165) is 0 Å². The Morgan fingerprint density at radius 3 is 2.23 bits per heavy atom. The summed E-state index contributed by atoms with van der Waals surface area (Å²) in [6.45, 7) is 2.68. The summed E-state index contributed by atoms with van der Waals surface area (Å²) in [5.41, 5.74) is 0.367. The Labute approximate surface area is 82.5 Å². The number of unbranched alkanes of at least 4 members (excludes halogenated alkanes) is 4. The number of aliphatic hydroxyl groups is 1. The van der Waals surface area contributed by atoms with Crippen molar-refractivity contribution in [1.29, 1.82) is 0 Å². The van der Waals surface area contributed by atoms with Crippen molar-refractivity contribution in [2.24, 2.45) is 5.41 Å². The summed E-state index contributed by atoms with van der Waals surface area (Å²) < 4.78 is 0. The van der Waals surface area contributed by atoms with Gasteiger partial charge in [0.05, 0.1) is 0 Å². The number of aliphatic hydroxyl groups excluding tert-OH is 1. The van der Waals surface area contributed by atoms with Crippen molar-refractivity contribution in [3.8, 4) is 0 Å². The van der Waals surface area contributed by atoms with Crippen molar-refractivity contribution >= 4 is 0 Å². The second kappa shape index (κ2) is 5.64. The van der Waals surface area contributed by atoms with Crippen LogP contribution in [0, 0.1) is 5.41 Å². The zero-order valence-corrected chi connectivity index (χ0v) is 9.02. The van der Waals surface area contributed by atoms with Crippen LogP contribution in [0.3, 0.4) is 0 Å². The molecule has 1 heteroatoms. The Kier molecular flexibility index (Phi) is 4.79. The lowest BCUT2D eigenvalue weighted by molar-refractivity contribution is 0.0336. The van der Waals surface area contributed by atoms with E-state index in [2.05, 4.69) is 6.92 Å². The Balaban J connectivity index is 1.98. The van der Waals surface area contributed by atoms with Gasteiger partial charge in [0.1, 0.15) is 0 Å². The second-order valence-electron chi connectivity index (χ2n) is 4.68. The summed E-state index contributed by atoms with van der Waals surface area (Å²) in [6.07, 6.45) is 12.0. The summed E-state index contributed by atoms with van der Waals surface area (Å²) in [5, 5.41) is 9.24. The van der Waals surface area contributed by atoms with Crippen LogP contribution < -0.4 is 0 Å². The average Bonchev–Trinajstić information content (AvgIpc) is 2.09. The van der Waals surface area contributed by atoms with Gasteiger partial charge >= 0.3 is 0 Å². The third kappa shape index (κ3) is 3.30. The zero-order valence-electron chi connectivity index (χ0n) is 9.02. The minimum atomic E-state index is 0.367. The molecule has 1 fully saturated rings. The lowest BCUT2D eigenvalue weighted by atomic mass is 9.66. The van der Waals surface area contributed by atoms with Crippen LogP contribution >= 0.6 is 0 Å². The summed E-state index contributed by atoms with van der Waals surface area (Å²) in [6, 6.07) is 0. The molecule has 0 aromatic rings. The molecule has 1 aliphatic rings. The van der Waals surface area contributed by atoms with E-state index in [0.29, 0.717) is 12.0 Å². The lowest BCUT2D eigenvalue weighted by Gasteiger charge is -2.40. The molecule has 0 amide bonds. The summed E-state index contributed by atoms with van der Waals surface area (Å²) in [5.74, 6) is 0. The van der Waals surface area contributed by atoms with Crippen molar-refractivity contribution < 1.29 is 5.11 Å². The maximum atomic E-state index is 9.24. The quantitative estimate of drug-likeness (QED) is 0.600. The zero-order chi connectivity index (χ0) is 9.57. The molecule has 0 atom stereocenters. The molecule has 1 N–H and O–H groups in total. The number of hydrogen-bond donors (Lipinski definition) is 1. The fourth-order valence-electron chi connectivity index (χ4n) is 2.27. The maximum Gasteiger partial charge on any atom is 0.0487 e. The van der Waals surface area contributed by atoms with Gasteiger partial charge in [0.2, 0.25) is 0 Å². The van der Waals surface area contributed by atoms with Crippen LogP contribution in [0.5, 0.6) is 0 Å². The first-order valence-corrected chi connectivity index (χ1v) is 5.94. The average molecular weight is 184 g/mol. The first-order valence-electron chi connectivity index (χ1n) is 5.94. The highest BCUT2D eigenvalue weighted by Gasteiger charge is 2.35.